The molecule has 1 saturated heterocycles. The van der Waals surface area contributed by atoms with Crippen LogP contribution in [0, 0.1) is 17.7 Å². The van der Waals surface area contributed by atoms with E-state index in [-0.39, 0.29) is 23.7 Å². The number of aliphatic hydroxyl groups is 1. The standard InChI is InChI=1S/C32H34FN5O3/c1-32(39,22-9-10-22)24-12-11-23-27-25(17-21(18-34-27)29-31(40-3)35-36-37(29)2)38(30(23)26(24)33)28(19-7-5-4-6-8-19)20-13-15-41-16-14-20/h4-8,11-12,17-18,20,22,28,39H,9-10,13-16H2,1-3H3/t28-,32+/m1/s1. The van der Waals surface area contributed by atoms with Crippen molar-refractivity contribution < 1.29 is 19.0 Å². The van der Waals surface area contributed by atoms with Crippen LogP contribution in [0.5, 0.6) is 5.88 Å². The van der Waals surface area contributed by atoms with Gasteiger partial charge >= 0.3 is 0 Å². The molecular weight excluding hydrogens is 521 g/mol. The Morgan fingerprint density at radius 1 is 1.10 bits per heavy atom. The Labute approximate surface area is 237 Å². The second-order valence-electron chi connectivity index (χ2n) is 11.6. The van der Waals surface area contributed by atoms with Crippen LogP contribution in [0.25, 0.3) is 33.2 Å². The summed E-state index contributed by atoms with van der Waals surface area (Å²) in [6.45, 7) is 3.07. The molecule has 2 aromatic carbocycles. The maximum Gasteiger partial charge on any atom is 0.261 e. The van der Waals surface area contributed by atoms with Crippen LogP contribution < -0.4 is 4.74 Å². The number of hydrogen-bond donors (Lipinski definition) is 1. The molecule has 8 nitrogen and oxygen atoms in total. The fraction of sp³-hybridized carbons (Fsp3) is 0.406. The molecule has 41 heavy (non-hydrogen) atoms. The van der Waals surface area contributed by atoms with E-state index in [1.807, 2.05) is 37.4 Å². The van der Waals surface area contributed by atoms with Gasteiger partial charge < -0.3 is 19.1 Å². The van der Waals surface area contributed by atoms with E-state index in [1.54, 1.807) is 31.0 Å². The van der Waals surface area contributed by atoms with Gasteiger partial charge in [0.2, 0.25) is 0 Å². The van der Waals surface area contributed by atoms with Crippen LogP contribution >= 0.6 is 0 Å². The number of aromatic nitrogens is 5. The van der Waals surface area contributed by atoms with Crippen LogP contribution in [0.4, 0.5) is 4.39 Å². The molecule has 2 fully saturated rings. The van der Waals surface area contributed by atoms with Crippen LogP contribution in [0.2, 0.25) is 0 Å². The number of pyridine rings is 1. The molecule has 212 valence electrons. The van der Waals surface area contributed by atoms with Gasteiger partial charge in [-0.05, 0) is 56.1 Å². The Morgan fingerprint density at radius 3 is 2.56 bits per heavy atom. The minimum Gasteiger partial charge on any atom is -0.478 e. The lowest BCUT2D eigenvalue weighted by atomic mass is 9.86. The fourth-order valence-corrected chi connectivity index (χ4v) is 6.73. The van der Waals surface area contributed by atoms with Crippen molar-refractivity contribution in [2.24, 2.45) is 18.9 Å². The first kappa shape index (κ1) is 26.1. The molecule has 2 atom stereocenters. The average molecular weight is 556 g/mol. The zero-order valence-electron chi connectivity index (χ0n) is 23.5. The van der Waals surface area contributed by atoms with Gasteiger partial charge in [-0.2, -0.15) is 0 Å². The van der Waals surface area contributed by atoms with Gasteiger partial charge in [0.1, 0.15) is 5.69 Å². The van der Waals surface area contributed by atoms with Gasteiger partial charge in [-0.25, -0.2) is 9.07 Å². The van der Waals surface area contributed by atoms with Crippen molar-refractivity contribution in [2.45, 2.75) is 44.2 Å². The van der Waals surface area contributed by atoms with Crippen molar-refractivity contribution in [3.05, 3.63) is 71.7 Å². The number of nitrogens with zero attached hydrogens (tertiary/aromatic N) is 5. The van der Waals surface area contributed by atoms with E-state index in [2.05, 4.69) is 27.0 Å². The second-order valence-corrected chi connectivity index (χ2v) is 11.6. The molecule has 1 aliphatic carbocycles. The van der Waals surface area contributed by atoms with E-state index in [0.29, 0.717) is 41.4 Å². The predicted molar refractivity (Wildman–Crippen MR) is 154 cm³/mol. The summed E-state index contributed by atoms with van der Waals surface area (Å²) < 4.78 is 32.0. The van der Waals surface area contributed by atoms with Gasteiger partial charge in [0, 0.05) is 43.0 Å². The summed E-state index contributed by atoms with van der Waals surface area (Å²) in [5.41, 5.74) is 3.65. The summed E-state index contributed by atoms with van der Waals surface area (Å²) in [7, 11) is 3.38. The quantitative estimate of drug-likeness (QED) is 0.275. The number of hydrogen-bond acceptors (Lipinski definition) is 6. The van der Waals surface area contributed by atoms with Gasteiger partial charge in [-0.3, -0.25) is 4.98 Å². The molecule has 0 bridgehead atoms. The molecule has 3 aromatic heterocycles. The Bertz CT molecular complexity index is 1740. The van der Waals surface area contributed by atoms with Gasteiger partial charge in [0.15, 0.2) is 5.82 Å². The SMILES string of the molecule is COc1nnn(C)c1-c1cnc2c3ccc([C@@](C)(O)C4CC4)c(F)c3n([C@H](c3ccccc3)C3CCOCC3)c2c1. The predicted octanol–water partition coefficient (Wildman–Crippen LogP) is 5.77. The van der Waals surface area contributed by atoms with Crippen molar-refractivity contribution in [2.75, 3.05) is 20.3 Å². The molecule has 9 heteroatoms. The highest BCUT2D eigenvalue weighted by Gasteiger charge is 2.44. The topological polar surface area (TPSA) is 87.2 Å². The minimum absolute atomic E-state index is 0.0576. The van der Waals surface area contributed by atoms with Crippen LogP contribution in [-0.2, 0) is 17.4 Å². The summed E-state index contributed by atoms with van der Waals surface area (Å²) in [6.07, 6.45) is 5.27. The van der Waals surface area contributed by atoms with Crippen molar-refractivity contribution in [1.29, 1.82) is 0 Å². The molecule has 1 N–H and O–H groups in total. The summed E-state index contributed by atoms with van der Waals surface area (Å²) >= 11 is 0. The Morgan fingerprint density at radius 2 is 1.85 bits per heavy atom. The maximum atomic E-state index is 17.0. The van der Waals surface area contributed by atoms with Crippen molar-refractivity contribution >= 4 is 21.9 Å². The van der Waals surface area contributed by atoms with Crippen LogP contribution in [-0.4, -0.2) is 50.0 Å². The molecule has 5 aromatic rings. The zero-order chi connectivity index (χ0) is 28.3. The van der Waals surface area contributed by atoms with Crippen LogP contribution in [0.1, 0.15) is 49.8 Å². The van der Waals surface area contributed by atoms with Crippen molar-refractivity contribution in [1.82, 2.24) is 24.5 Å². The number of benzene rings is 2. The van der Waals surface area contributed by atoms with E-state index in [4.69, 9.17) is 14.5 Å². The van der Waals surface area contributed by atoms with Gasteiger partial charge in [-0.15, -0.1) is 0 Å². The lowest BCUT2D eigenvalue weighted by Gasteiger charge is -2.33. The van der Waals surface area contributed by atoms with E-state index in [9.17, 15) is 5.11 Å². The van der Waals surface area contributed by atoms with Crippen LogP contribution in [0.3, 0.4) is 0 Å². The molecule has 2 aliphatic rings. The molecule has 0 amide bonds. The number of ether oxygens (including phenoxy) is 2. The maximum absolute atomic E-state index is 17.0. The monoisotopic (exact) mass is 555 g/mol. The fourth-order valence-electron chi connectivity index (χ4n) is 6.73. The van der Waals surface area contributed by atoms with Crippen LogP contribution in [0.15, 0.2) is 54.7 Å². The molecule has 4 heterocycles. The van der Waals surface area contributed by atoms with E-state index in [1.165, 1.54) is 0 Å². The van der Waals surface area contributed by atoms with Gasteiger partial charge in [-0.1, -0.05) is 52.8 Å². The number of aryl methyl sites for hydroxylation is 1. The number of halogens is 1. The minimum atomic E-state index is -1.24. The summed E-state index contributed by atoms with van der Waals surface area (Å²) in [5.74, 6) is 0.289. The zero-order valence-corrected chi connectivity index (χ0v) is 23.5. The third-order valence-electron chi connectivity index (χ3n) is 9.05. The molecule has 7 rings (SSSR count). The van der Waals surface area contributed by atoms with E-state index >= 15 is 4.39 Å². The molecule has 1 aliphatic heterocycles. The molecule has 0 radical (unpaired) electrons. The average Bonchev–Trinajstić information content (AvgIpc) is 3.73. The normalized spacial score (nSPS) is 18.6. The second kappa shape index (κ2) is 9.92. The first-order valence-electron chi connectivity index (χ1n) is 14.3. The molecule has 0 unspecified atom stereocenters. The lowest BCUT2D eigenvalue weighted by Crippen LogP contribution is -2.28. The summed E-state index contributed by atoms with van der Waals surface area (Å²) in [4.78, 5) is 4.90. The number of methoxy groups -OCH3 is 1. The number of fused-ring (bicyclic) bond motifs is 3. The Balaban J connectivity index is 1.56. The van der Waals surface area contributed by atoms with E-state index in [0.717, 1.165) is 47.7 Å². The van der Waals surface area contributed by atoms with Crippen molar-refractivity contribution in [3.63, 3.8) is 0 Å². The molecule has 0 spiro atoms. The Hall–Kier alpha value is -3.82. The third-order valence-corrected chi connectivity index (χ3v) is 9.05. The molecule has 1 saturated carbocycles. The van der Waals surface area contributed by atoms with Gasteiger partial charge in [0.25, 0.3) is 5.88 Å². The highest BCUT2D eigenvalue weighted by molar-refractivity contribution is 6.07. The van der Waals surface area contributed by atoms with Gasteiger partial charge in [0.05, 0.1) is 35.3 Å². The third kappa shape index (κ3) is 4.21. The summed E-state index contributed by atoms with van der Waals surface area (Å²) in [5, 5.41) is 20.5. The van der Waals surface area contributed by atoms with Crippen molar-refractivity contribution in [3.8, 4) is 17.1 Å². The first-order chi connectivity index (χ1) is 19.9. The molecular formula is C32H34FN5O3. The highest BCUT2D eigenvalue weighted by Crippen LogP contribution is 2.49. The summed E-state index contributed by atoms with van der Waals surface area (Å²) in [6, 6.07) is 15.8. The number of rotatable bonds is 7. The largest absolute Gasteiger partial charge is 0.478 e. The lowest BCUT2D eigenvalue weighted by molar-refractivity contribution is 0.0297. The smallest absolute Gasteiger partial charge is 0.261 e. The first-order valence-corrected chi connectivity index (χ1v) is 14.3. The highest BCUT2D eigenvalue weighted by atomic mass is 19.1. The Kier molecular flexibility index (Phi) is 6.32. The van der Waals surface area contributed by atoms with E-state index < -0.39 is 5.60 Å².